The SMILES string of the molecule is Cn1cc(-c2ccc3nnc(Sc4ccc5nccc(Cl)c5c4)n3c2)cn1. The maximum Gasteiger partial charge on any atom is 0.200 e. The fourth-order valence-electron chi connectivity index (χ4n) is 2.94. The van der Waals surface area contributed by atoms with E-state index >= 15 is 0 Å². The largest absolute Gasteiger partial charge is 0.277 e. The number of hydrogen-bond donors (Lipinski definition) is 0. The summed E-state index contributed by atoms with van der Waals surface area (Å²) in [5.74, 6) is 0. The first-order valence-electron chi connectivity index (χ1n) is 8.23. The molecule has 5 rings (SSSR count). The summed E-state index contributed by atoms with van der Waals surface area (Å²) in [6, 6.07) is 11.8. The normalized spacial score (nSPS) is 11.5. The second-order valence-electron chi connectivity index (χ2n) is 6.11. The Kier molecular flexibility index (Phi) is 3.84. The molecule has 0 aliphatic carbocycles. The highest BCUT2D eigenvalue weighted by Gasteiger charge is 2.11. The highest BCUT2D eigenvalue weighted by atomic mass is 35.5. The lowest BCUT2D eigenvalue weighted by Crippen LogP contribution is -1.89. The molecule has 6 nitrogen and oxygen atoms in total. The molecule has 1 aromatic carbocycles. The van der Waals surface area contributed by atoms with Crippen molar-refractivity contribution in [2.75, 3.05) is 0 Å². The van der Waals surface area contributed by atoms with Gasteiger partial charge in [-0.15, -0.1) is 10.2 Å². The van der Waals surface area contributed by atoms with E-state index < -0.39 is 0 Å². The van der Waals surface area contributed by atoms with E-state index in [1.54, 1.807) is 16.9 Å². The molecule has 0 saturated carbocycles. The van der Waals surface area contributed by atoms with Gasteiger partial charge in [0.25, 0.3) is 0 Å². The highest BCUT2D eigenvalue weighted by Crippen LogP contribution is 2.32. The molecule has 5 aromatic rings. The van der Waals surface area contributed by atoms with Gasteiger partial charge in [-0.05, 0) is 48.2 Å². The predicted molar refractivity (Wildman–Crippen MR) is 106 cm³/mol. The van der Waals surface area contributed by atoms with Crippen LogP contribution in [0.3, 0.4) is 0 Å². The molecule has 0 spiro atoms. The molecular formula is C19H13ClN6S. The van der Waals surface area contributed by atoms with Gasteiger partial charge in [-0.25, -0.2) is 0 Å². The summed E-state index contributed by atoms with van der Waals surface area (Å²) in [5, 5.41) is 15.2. The van der Waals surface area contributed by atoms with Gasteiger partial charge in [0.15, 0.2) is 10.8 Å². The van der Waals surface area contributed by atoms with E-state index in [4.69, 9.17) is 11.6 Å². The van der Waals surface area contributed by atoms with Gasteiger partial charge in [0, 0.05) is 47.0 Å². The van der Waals surface area contributed by atoms with Crippen molar-refractivity contribution >= 4 is 39.9 Å². The molecule has 0 aliphatic heterocycles. The van der Waals surface area contributed by atoms with Crippen LogP contribution in [-0.2, 0) is 7.05 Å². The molecule has 8 heteroatoms. The van der Waals surface area contributed by atoms with Crippen LogP contribution in [0.25, 0.3) is 27.7 Å². The lowest BCUT2D eigenvalue weighted by Gasteiger charge is -2.05. The first kappa shape index (κ1) is 16.3. The van der Waals surface area contributed by atoms with Crippen LogP contribution in [0.5, 0.6) is 0 Å². The number of aromatic nitrogens is 6. The molecular weight excluding hydrogens is 380 g/mol. The first-order valence-corrected chi connectivity index (χ1v) is 9.43. The Bertz CT molecular complexity index is 1290. The number of nitrogens with zero attached hydrogens (tertiary/aromatic N) is 6. The monoisotopic (exact) mass is 392 g/mol. The number of benzene rings is 1. The van der Waals surface area contributed by atoms with Crippen molar-refractivity contribution in [3.05, 3.63) is 66.2 Å². The minimum atomic E-state index is 0.687. The molecule has 4 heterocycles. The zero-order valence-corrected chi connectivity index (χ0v) is 15.8. The van der Waals surface area contributed by atoms with E-state index in [1.165, 1.54) is 11.8 Å². The molecule has 0 atom stereocenters. The second kappa shape index (κ2) is 6.37. The number of rotatable bonds is 3. The fraction of sp³-hybridized carbons (Fsp3) is 0.0526. The van der Waals surface area contributed by atoms with E-state index in [-0.39, 0.29) is 0 Å². The summed E-state index contributed by atoms with van der Waals surface area (Å²) >= 11 is 7.84. The van der Waals surface area contributed by atoms with E-state index in [0.29, 0.717) is 5.02 Å². The van der Waals surface area contributed by atoms with Crippen molar-refractivity contribution < 1.29 is 0 Å². The molecule has 0 saturated heterocycles. The molecule has 0 aliphatic rings. The van der Waals surface area contributed by atoms with Crippen molar-refractivity contribution in [1.82, 2.24) is 29.4 Å². The smallest absolute Gasteiger partial charge is 0.200 e. The van der Waals surface area contributed by atoms with Crippen LogP contribution in [0.2, 0.25) is 5.02 Å². The minimum absolute atomic E-state index is 0.687. The minimum Gasteiger partial charge on any atom is -0.277 e. The molecule has 132 valence electrons. The summed E-state index contributed by atoms with van der Waals surface area (Å²) in [6.45, 7) is 0. The summed E-state index contributed by atoms with van der Waals surface area (Å²) in [6.07, 6.45) is 7.57. The maximum atomic E-state index is 6.31. The van der Waals surface area contributed by atoms with E-state index in [2.05, 4.69) is 20.3 Å². The van der Waals surface area contributed by atoms with Crippen LogP contribution in [0.1, 0.15) is 0 Å². The molecule has 27 heavy (non-hydrogen) atoms. The molecule has 0 radical (unpaired) electrons. The number of fused-ring (bicyclic) bond motifs is 2. The third-order valence-corrected chi connectivity index (χ3v) is 5.56. The van der Waals surface area contributed by atoms with Crippen molar-refractivity contribution in [3.8, 4) is 11.1 Å². The summed E-state index contributed by atoms with van der Waals surface area (Å²) in [5.41, 5.74) is 3.78. The van der Waals surface area contributed by atoms with Gasteiger partial charge >= 0.3 is 0 Å². The molecule has 0 N–H and O–H groups in total. The number of aryl methyl sites for hydroxylation is 1. The summed E-state index contributed by atoms with van der Waals surface area (Å²) < 4.78 is 3.77. The maximum absolute atomic E-state index is 6.31. The van der Waals surface area contributed by atoms with Gasteiger partial charge < -0.3 is 0 Å². The molecule has 0 amide bonds. The van der Waals surface area contributed by atoms with Gasteiger partial charge in [0.1, 0.15) is 0 Å². The number of halogens is 1. The van der Waals surface area contributed by atoms with E-state index in [1.807, 2.05) is 60.4 Å². The summed E-state index contributed by atoms with van der Waals surface area (Å²) in [4.78, 5) is 5.37. The average molecular weight is 393 g/mol. The Morgan fingerprint density at radius 1 is 1.00 bits per heavy atom. The van der Waals surface area contributed by atoms with Crippen LogP contribution in [-0.4, -0.2) is 29.4 Å². The van der Waals surface area contributed by atoms with Crippen LogP contribution in [0.15, 0.2) is 71.2 Å². The van der Waals surface area contributed by atoms with Crippen LogP contribution < -0.4 is 0 Å². The second-order valence-corrected chi connectivity index (χ2v) is 7.55. The van der Waals surface area contributed by atoms with Gasteiger partial charge in [0.2, 0.25) is 0 Å². The predicted octanol–water partition coefficient (Wildman–Crippen LogP) is 4.48. The quantitative estimate of drug-likeness (QED) is 0.453. The Morgan fingerprint density at radius 3 is 2.78 bits per heavy atom. The van der Waals surface area contributed by atoms with Crippen LogP contribution >= 0.6 is 23.4 Å². The van der Waals surface area contributed by atoms with Crippen molar-refractivity contribution in [3.63, 3.8) is 0 Å². The topological polar surface area (TPSA) is 60.9 Å². The lowest BCUT2D eigenvalue weighted by atomic mass is 10.2. The standard InChI is InChI=1S/C19H13ClN6S/c1-25-10-13(9-22-25)12-2-5-18-23-24-19(26(18)11-12)27-14-3-4-17-15(8-14)16(20)6-7-21-17/h2-11H,1H3. The Hall–Kier alpha value is -2.90. The Morgan fingerprint density at radius 2 is 1.93 bits per heavy atom. The number of pyridine rings is 2. The van der Waals surface area contributed by atoms with Gasteiger partial charge in [-0.3, -0.25) is 14.1 Å². The van der Waals surface area contributed by atoms with E-state index in [0.717, 1.165) is 37.7 Å². The lowest BCUT2D eigenvalue weighted by molar-refractivity contribution is 0.768. The third kappa shape index (κ3) is 2.94. The van der Waals surface area contributed by atoms with E-state index in [9.17, 15) is 0 Å². The summed E-state index contributed by atoms with van der Waals surface area (Å²) in [7, 11) is 1.90. The average Bonchev–Trinajstić information content (AvgIpc) is 3.28. The van der Waals surface area contributed by atoms with Gasteiger partial charge in [0.05, 0.1) is 16.7 Å². The molecule has 4 aromatic heterocycles. The van der Waals surface area contributed by atoms with Crippen molar-refractivity contribution in [1.29, 1.82) is 0 Å². The highest BCUT2D eigenvalue weighted by molar-refractivity contribution is 7.99. The Labute approximate surface area is 163 Å². The third-order valence-electron chi connectivity index (χ3n) is 4.28. The molecule has 0 fully saturated rings. The Balaban J connectivity index is 1.56. The molecule has 0 bridgehead atoms. The van der Waals surface area contributed by atoms with Crippen LogP contribution in [0, 0.1) is 0 Å². The number of hydrogen-bond acceptors (Lipinski definition) is 5. The zero-order valence-electron chi connectivity index (χ0n) is 14.2. The zero-order chi connectivity index (χ0) is 18.4. The fourth-order valence-corrected chi connectivity index (χ4v) is 4.00. The molecule has 0 unspecified atom stereocenters. The van der Waals surface area contributed by atoms with Gasteiger partial charge in [-0.1, -0.05) is 11.6 Å². The van der Waals surface area contributed by atoms with Crippen LogP contribution in [0.4, 0.5) is 0 Å². The first-order chi connectivity index (χ1) is 13.2. The van der Waals surface area contributed by atoms with Gasteiger partial charge in [-0.2, -0.15) is 5.10 Å². The van der Waals surface area contributed by atoms with Crippen molar-refractivity contribution in [2.24, 2.45) is 7.05 Å². The van der Waals surface area contributed by atoms with Crippen molar-refractivity contribution in [2.45, 2.75) is 10.1 Å².